The Morgan fingerprint density at radius 1 is 1.42 bits per heavy atom. The van der Waals surface area contributed by atoms with Gasteiger partial charge in [-0.1, -0.05) is 11.8 Å². The number of nitriles is 1. The fraction of sp³-hybridized carbons (Fsp3) is 0.250. The number of ether oxygens (including phenoxy) is 1. The minimum absolute atomic E-state index is 0.0671. The SMILES string of the molecule is CCNC(=O)CSc1nc(-c2ccc(OC)cc2)c(C#N)c(=O)[nH]1. The van der Waals surface area contributed by atoms with Gasteiger partial charge in [-0.05, 0) is 31.2 Å². The van der Waals surface area contributed by atoms with Crippen LogP contribution in [0.3, 0.4) is 0 Å². The van der Waals surface area contributed by atoms with Crippen LogP contribution in [0.25, 0.3) is 11.3 Å². The zero-order valence-electron chi connectivity index (χ0n) is 13.3. The molecule has 1 heterocycles. The molecule has 24 heavy (non-hydrogen) atoms. The maximum absolute atomic E-state index is 12.1. The Morgan fingerprint density at radius 3 is 2.71 bits per heavy atom. The molecule has 7 nitrogen and oxygen atoms in total. The molecule has 0 spiro atoms. The van der Waals surface area contributed by atoms with Crippen molar-refractivity contribution in [1.29, 1.82) is 5.26 Å². The Bertz CT molecular complexity index is 825. The van der Waals surface area contributed by atoms with Gasteiger partial charge in [0.25, 0.3) is 5.56 Å². The first-order chi connectivity index (χ1) is 11.6. The zero-order chi connectivity index (χ0) is 17.5. The molecule has 0 aliphatic rings. The lowest BCUT2D eigenvalue weighted by molar-refractivity contribution is -0.118. The lowest BCUT2D eigenvalue weighted by Gasteiger charge is -2.07. The van der Waals surface area contributed by atoms with Gasteiger partial charge in [0.15, 0.2) is 5.16 Å². The maximum atomic E-state index is 12.1. The van der Waals surface area contributed by atoms with Gasteiger partial charge in [0.05, 0.1) is 18.6 Å². The molecular weight excluding hydrogens is 328 g/mol. The van der Waals surface area contributed by atoms with E-state index < -0.39 is 5.56 Å². The Labute approximate surface area is 143 Å². The van der Waals surface area contributed by atoms with E-state index in [1.165, 1.54) is 0 Å². The molecule has 2 rings (SSSR count). The summed E-state index contributed by atoms with van der Waals surface area (Å²) >= 11 is 1.11. The summed E-state index contributed by atoms with van der Waals surface area (Å²) in [6.07, 6.45) is 0. The zero-order valence-corrected chi connectivity index (χ0v) is 14.1. The van der Waals surface area contributed by atoms with E-state index in [1.54, 1.807) is 31.4 Å². The summed E-state index contributed by atoms with van der Waals surface area (Å²) in [6.45, 7) is 2.36. The number of carbonyl (C=O) groups is 1. The molecule has 0 fully saturated rings. The monoisotopic (exact) mass is 344 g/mol. The summed E-state index contributed by atoms with van der Waals surface area (Å²) in [7, 11) is 1.55. The molecule has 2 aromatic rings. The molecule has 0 bridgehead atoms. The standard InChI is InChI=1S/C16H16N4O3S/c1-3-18-13(21)9-24-16-19-14(12(8-17)15(22)20-16)10-4-6-11(23-2)7-5-10/h4-7H,3,9H2,1-2H3,(H,18,21)(H,19,20,22). The van der Waals surface area contributed by atoms with Gasteiger partial charge >= 0.3 is 0 Å². The molecule has 0 unspecified atom stereocenters. The second-order valence-corrected chi connectivity index (χ2v) is 5.64. The number of hydrogen-bond acceptors (Lipinski definition) is 6. The van der Waals surface area contributed by atoms with Crippen LogP contribution in [0.4, 0.5) is 0 Å². The summed E-state index contributed by atoms with van der Waals surface area (Å²) < 4.78 is 5.10. The number of rotatable bonds is 6. The van der Waals surface area contributed by atoms with Crippen LogP contribution in [0, 0.1) is 11.3 Å². The third-order valence-corrected chi connectivity index (χ3v) is 3.96. The molecule has 1 aromatic carbocycles. The summed E-state index contributed by atoms with van der Waals surface area (Å²) in [5.41, 5.74) is 0.305. The van der Waals surface area contributed by atoms with Crippen molar-refractivity contribution in [1.82, 2.24) is 15.3 Å². The number of carbonyl (C=O) groups excluding carboxylic acids is 1. The molecule has 8 heteroatoms. The Kier molecular flexibility index (Phi) is 5.98. The number of benzene rings is 1. The average molecular weight is 344 g/mol. The van der Waals surface area contributed by atoms with Gasteiger partial charge in [-0.2, -0.15) is 5.26 Å². The van der Waals surface area contributed by atoms with Crippen LogP contribution in [-0.4, -0.2) is 35.3 Å². The first kappa shape index (κ1) is 17.6. The summed E-state index contributed by atoms with van der Waals surface area (Å²) in [4.78, 5) is 30.5. The first-order valence-corrected chi connectivity index (χ1v) is 8.16. The highest BCUT2D eigenvalue weighted by Gasteiger charge is 2.14. The largest absolute Gasteiger partial charge is 0.497 e. The fourth-order valence-corrected chi connectivity index (χ4v) is 2.66. The van der Waals surface area contributed by atoms with Gasteiger partial charge in [0.2, 0.25) is 5.91 Å². The molecule has 2 N–H and O–H groups in total. The van der Waals surface area contributed by atoms with Crippen molar-refractivity contribution in [2.45, 2.75) is 12.1 Å². The van der Waals surface area contributed by atoms with Crippen LogP contribution in [-0.2, 0) is 4.79 Å². The third-order valence-electron chi connectivity index (χ3n) is 3.09. The lowest BCUT2D eigenvalue weighted by atomic mass is 10.1. The van der Waals surface area contributed by atoms with Crippen molar-refractivity contribution in [2.24, 2.45) is 0 Å². The topological polar surface area (TPSA) is 108 Å². The minimum Gasteiger partial charge on any atom is -0.497 e. The Balaban J connectivity index is 2.36. The second kappa shape index (κ2) is 8.17. The number of methoxy groups -OCH3 is 1. The predicted octanol–water partition coefficient (Wildman–Crippen LogP) is 1.55. The predicted molar refractivity (Wildman–Crippen MR) is 91.0 cm³/mol. The molecule has 0 radical (unpaired) electrons. The van der Waals surface area contributed by atoms with E-state index in [-0.39, 0.29) is 28.1 Å². The number of hydrogen-bond donors (Lipinski definition) is 2. The number of nitrogens with zero attached hydrogens (tertiary/aromatic N) is 2. The van der Waals surface area contributed by atoms with Crippen molar-refractivity contribution >= 4 is 17.7 Å². The lowest BCUT2D eigenvalue weighted by Crippen LogP contribution is -2.24. The van der Waals surface area contributed by atoms with Gasteiger partial charge in [0, 0.05) is 12.1 Å². The van der Waals surface area contributed by atoms with Crippen molar-refractivity contribution in [3.8, 4) is 23.1 Å². The van der Waals surface area contributed by atoms with E-state index in [1.807, 2.05) is 13.0 Å². The normalized spacial score (nSPS) is 10.0. The quantitative estimate of drug-likeness (QED) is 0.608. The Morgan fingerprint density at radius 2 is 2.12 bits per heavy atom. The molecule has 0 saturated carbocycles. The molecule has 0 atom stereocenters. The van der Waals surface area contributed by atoms with Crippen molar-refractivity contribution in [3.05, 3.63) is 40.2 Å². The van der Waals surface area contributed by atoms with Gasteiger partial charge in [-0.15, -0.1) is 0 Å². The van der Waals surface area contributed by atoms with Gasteiger partial charge < -0.3 is 15.0 Å². The number of aromatic nitrogens is 2. The molecular formula is C16H16N4O3S. The Hall–Kier alpha value is -2.79. The van der Waals surface area contributed by atoms with Crippen molar-refractivity contribution in [3.63, 3.8) is 0 Å². The van der Waals surface area contributed by atoms with Gasteiger partial charge in [-0.25, -0.2) is 4.98 Å². The fourth-order valence-electron chi connectivity index (χ4n) is 1.96. The highest BCUT2D eigenvalue weighted by Crippen LogP contribution is 2.24. The van der Waals surface area contributed by atoms with Crippen LogP contribution in [0.5, 0.6) is 5.75 Å². The van der Waals surface area contributed by atoms with Crippen molar-refractivity contribution in [2.75, 3.05) is 19.4 Å². The number of thioether (sulfide) groups is 1. The average Bonchev–Trinajstić information content (AvgIpc) is 2.60. The summed E-state index contributed by atoms with van der Waals surface area (Å²) in [5.74, 6) is 0.638. The molecule has 1 amide bonds. The van der Waals surface area contributed by atoms with E-state index in [0.29, 0.717) is 17.9 Å². The van der Waals surface area contributed by atoms with Crippen molar-refractivity contribution < 1.29 is 9.53 Å². The molecule has 0 aliphatic carbocycles. The highest BCUT2D eigenvalue weighted by molar-refractivity contribution is 7.99. The second-order valence-electron chi connectivity index (χ2n) is 4.68. The minimum atomic E-state index is -0.531. The van der Waals surface area contributed by atoms with E-state index in [0.717, 1.165) is 11.8 Å². The number of H-pyrrole nitrogens is 1. The molecule has 1 aromatic heterocycles. The summed E-state index contributed by atoms with van der Waals surface area (Å²) in [6, 6.07) is 8.77. The summed E-state index contributed by atoms with van der Waals surface area (Å²) in [5, 5.41) is 12.2. The molecule has 0 aliphatic heterocycles. The number of aromatic amines is 1. The van der Waals surface area contributed by atoms with Crippen LogP contribution in [0.15, 0.2) is 34.2 Å². The van der Waals surface area contributed by atoms with Crippen LogP contribution in [0.2, 0.25) is 0 Å². The molecule has 0 saturated heterocycles. The van der Waals surface area contributed by atoms with Gasteiger partial charge in [-0.3, -0.25) is 9.59 Å². The van der Waals surface area contributed by atoms with E-state index in [4.69, 9.17) is 4.74 Å². The number of amides is 1. The van der Waals surface area contributed by atoms with E-state index >= 15 is 0 Å². The molecule has 124 valence electrons. The highest BCUT2D eigenvalue weighted by atomic mass is 32.2. The third kappa shape index (κ3) is 4.14. The van der Waals surface area contributed by atoms with Crippen LogP contribution >= 0.6 is 11.8 Å². The first-order valence-electron chi connectivity index (χ1n) is 7.17. The number of nitrogens with one attached hydrogen (secondary N) is 2. The van der Waals surface area contributed by atoms with E-state index in [2.05, 4.69) is 15.3 Å². The smallest absolute Gasteiger partial charge is 0.270 e. The van der Waals surface area contributed by atoms with Crippen LogP contribution < -0.4 is 15.6 Å². The van der Waals surface area contributed by atoms with E-state index in [9.17, 15) is 14.9 Å². The maximum Gasteiger partial charge on any atom is 0.270 e. The van der Waals surface area contributed by atoms with Crippen LogP contribution in [0.1, 0.15) is 12.5 Å². The van der Waals surface area contributed by atoms with Gasteiger partial charge in [0.1, 0.15) is 17.4 Å².